The van der Waals surface area contributed by atoms with Crippen LogP contribution in [0.4, 0.5) is 0 Å². The normalized spacial score (nSPS) is 11.9. The summed E-state index contributed by atoms with van der Waals surface area (Å²) in [5, 5.41) is 9.55. The molecule has 174 valence electrons. The predicted molar refractivity (Wildman–Crippen MR) is 131 cm³/mol. The number of rotatable bonds is 3. The maximum atomic E-state index is 11.9. The lowest BCUT2D eigenvalue weighted by molar-refractivity contribution is -0.132. The van der Waals surface area contributed by atoms with Crippen molar-refractivity contribution in [2.45, 2.75) is 65.7 Å². The minimum atomic E-state index is -0.342. The fourth-order valence-electron chi connectivity index (χ4n) is 3.68. The molecule has 0 fully saturated rings. The van der Waals surface area contributed by atoms with Gasteiger partial charge in [0.05, 0.1) is 5.56 Å². The van der Waals surface area contributed by atoms with Crippen LogP contribution in [0.15, 0.2) is 28.7 Å². The standard InChI is InChI=1S/C27H30ClNO4/c1-16(31)32-25-20(26(2,3)4)11-17(12-21(25)27(5,6)7)13-23-29-22-15-19(28)14-18(9-8-10-30)24(22)33-23/h11-12,14-15,30H,10,13H2,1-7H3. The van der Waals surface area contributed by atoms with Crippen LogP contribution in [0.5, 0.6) is 5.75 Å². The second-order valence-electron chi connectivity index (χ2n) is 10.2. The van der Waals surface area contributed by atoms with Gasteiger partial charge < -0.3 is 14.3 Å². The number of fused-ring (bicyclic) bond motifs is 1. The topological polar surface area (TPSA) is 72.6 Å². The third kappa shape index (κ3) is 5.76. The molecule has 1 heterocycles. The number of hydrogen-bond donors (Lipinski definition) is 1. The Morgan fingerprint density at radius 2 is 1.70 bits per heavy atom. The van der Waals surface area contributed by atoms with E-state index in [0.29, 0.717) is 39.7 Å². The maximum absolute atomic E-state index is 11.9. The van der Waals surface area contributed by atoms with Gasteiger partial charge in [0.25, 0.3) is 0 Å². The summed E-state index contributed by atoms with van der Waals surface area (Å²) in [6.07, 6.45) is 0.450. The Kier molecular flexibility index (Phi) is 6.93. The summed E-state index contributed by atoms with van der Waals surface area (Å²) in [5.41, 5.74) is 4.15. The average Bonchev–Trinajstić information content (AvgIpc) is 3.07. The van der Waals surface area contributed by atoms with E-state index in [2.05, 4.69) is 70.5 Å². The molecule has 1 aromatic heterocycles. The summed E-state index contributed by atoms with van der Waals surface area (Å²) in [4.78, 5) is 16.5. The third-order valence-electron chi connectivity index (χ3n) is 5.17. The molecule has 0 saturated carbocycles. The van der Waals surface area contributed by atoms with E-state index in [9.17, 15) is 4.79 Å². The summed E-state index contributed by atoms with van der Waals surface area (Å²) in [6.45, 7) is 13.7. The molecule has 3 rings (SSSR count). The average molecular weight is 468 g/mol. The Bertz CT molecular complexity index is 1230. The molecular formula is C27H30ClNO4. The first-order valence-corrected chi connectivity index (χ1v) is 11.2. The first-order chi connectivity index (χ1) is 15.3. The Balaban J connectivity index is 2.16. The minimum absolute atomic E-state index is 0.247. The van der Waals surface area contributed by atoms with E-state index in [1.54, 1.807) is 12.1 Å². The van der Waals surface area contributed by atoms with Crippen molar-refractivity contribution in [2.24, 2.45) is 0 Å². The molecule has 0 saturated heterocycles. The molecule has 0 bridgehead atoms. The first-order valence-electron chi connectivity index (χ1n) is 10.8. The van der Waals surface area contributed by atoms with Crippen LogP contribution in [0.1, 0.15) is 76.6 Å². The van der Waals surface area contributed by atoms with Crippen LogP contribution in [0.3, 0.4) is 0 Å². The highest BCUT2D eigenvalue weighted by molar-refractivity contribution is 6.31. The number of carbonyl (C=O) groups excluding carboxylic acids is 1. The number of esters is 1. The summed E-state index contributed by atoms with van der Waals surface area (Å²) in [6, 6.07) is 7.55. The van der Waals surface area contributed by atoms with Gasteiger partial charge in [0.15, 0.2) is 11.5 Å². The van der Waals surface area contributed by atoms with Gasteiger partial charge in [0.2, 0.25) is 0 Å². The molecule has 0 atom stereocenters. The SMILES string of the molecule is CC(=O)Oc1c(C(C)(C)C)cc(Cc2nc3cc(Cl)cc(C#CCO)c3o2)cc1C(C)(C)C. The van der Waals surface area contributed by atoms with Crippen molar-refractivity contribution in [3.05, 3.63) is 57.4 Å². The van der Waals surface area contributed by atoms with Crippen LogP contribution in [-0.2, 0) is 22.0 Å². The van der Waals surface area contributed by atoms with E-state index < -0.39 is 0 Å². The van der Waals surface area contributed by atoms with Gasteiger partial charge in [-0.2, -0.15) is 0 Å². The Labute approximate surface area is 200 Å². The fourth-order valence-corrected chi connectivity index (χ4v) is 3.89. The lowest BCUT2D eigenvalue weighted by Crippen LogP contribution is -2.21. The third-order valence-corrected chi connectivity index (χ3v) is 5.39. The van der Waals surface area contributed by atoms with Gasteiger partial charge in [-0.05, 0) is 28.5 Å². The van der Waals surface area contributed by atoms with Crippen LogP contribution < -0.4 is 4.74 Å². The van der Waals surface area contributed by atoms with Crippen molar-refractivity contribution in [2.75, 3.05) is 6.61 Å². The molecule has 0 unspecified atom stereocenters. The molecule has 0 spiro atoms. The highest BCUT2D eigenvalue weighted by Crippen LogP contribution is 2.41. The largest absolute Gasteiger partial charge is 0.439 e. The number of carbonyl (C=O) groups is 1. The zero-order chi connectivity index (χ0) is 24.6. The van der Waals surface area contributed by atoms with E-state index >= 15 is 0 Å². The summed E-state index contributed by atoms with van der Waals surface area (Å²) >= 11 is 6.22. The number of nitrogens with zero attached hydrogens (tertiary/aromatic N) is 1. The monoisotopic (exact) mass is 467 g/mol. The molecule has 5 nitrogen and oxygen atoms in total. The minimum Gasteiger partial charge on any atom is -0.439 e. The van der Waals surface area contributed by atoms with E-state index in [1.807, 2.05) is 0 Å². The molecular weight excluding hydrogens is 438 g/mol. The zero-order valence-corrected chi connectivity index (χ0v) is 21.0. The molecule has 1 N–H and O–H groups in total. The van der Waals surface area contributed by atoms with E-state index in [-0.39, 0.29) is 23.4 Å². The van der Waals surface area contributed by atoms with Crippen molar-refractivity contribution in [3.8, 4) is 17.6 Å². The number of aliphatic hydroxyl groups excluding tert-OH is 1. The first kappa shape index (κ1) is 24.8. The second kappa shape index (κ2) is 9.21. The van der Waals surface area contributed by atoms with Gasteiger partial charge in [0, 0.05) is 29.5 Å². The molecule has 0 aliphatic heterocycles. The summed E-state index contributed by atoms with van der Waals surface area (Å²) in [7, 11) is 0. The van der Waals surface area contributed by atoms with Crippen molar-refractivity contribution in [3.63, 3.8) is 0 Å². The molecule has 2 aromatic carbocycles. The van der Waals surface area contributed by atoms with Gasteiger partial charge in [-0.25, -0.2) is 4.98 Å². The second-order valence-corrected chi connectivity index (χ2v) is 10.6. The van der Waals surface area contributed by atoms with Crippen molar-refractivity contribution >= 4 is 28.7 Å². The van der Waals surface area contributed by atoms with Crippen LogP contribution >= 0.6 is 11.6 Å². The highest BCUT2D eigenvalue weighted by atomic mass is 35.5. The number of aliphatic hydroxyl groups is 1. The van der Waals surface area contributed by atoms with Crippen molar-refractivity contribution in [1.82, 2.24) is 4.98 Å². The van der Waals surface area contributed by atoms with Crippen LogP contribution in [0, 0.1) is 11.8 Å². The molecule has 6 heteroatoms. The molecule has 33 heavy (non-hydrogen) atoms. The van der Waals surface area contributed by atoms with Crippen LogP contribution in [0.2, 0.25) is 5.02 Å². The Morgan fingerprint density at radius 3 is 2.21 bits per heavy atom. The molecule has 0 aliphatic rings. The molecule has 0 radical (unpaired) electrons. The number of ether oxygens (including phenoxy) is 1. The van der Waals surface area contributed by atoms with Crippen molar-refractivity contribution in [1.29, 1.82) is 0 Å². The Hall–Kier alpha value is -2.81. The smallest absolute Gasteiger partial charge is 0.308 e. The predicted octanol–water partition coefficient (Wildman–Crippen LogP) is 5.94. The van der Waals surface area contributed by atoms with Gasteiger partial charge in [0.1, 0.15) is 17.9 Å². The molecule has 3 aromatic rings. The van der Waals surface area contributed by atoms with Gasteiger partial charge in [-0.3, -0.25) is 4.79 Å². The Morgan fingerprint density at radius 1 is 1.09 bits per heavy atom. The van der Waals surface area contributed by atoms with Gasteiger partial charge in [-0.15, -0.1) is 0 Å². The van der Waals surface area contributed by atoms with Crippen LogP contribution in [0.25, 0.3) is 11.1 Å². The zero-order valence-electron chi connectivity index (χ0n) is 20.2. The summed E-state index contributed by atoms with van der Waals surface area (Å²) < 4.78 is 11.8. The highest BCUT2D eigenvalue weighted by Gasteiger charge is 2.29. The number of halogens is 1. The van der Waals surface area contributed by atoms with Gasteiger partial charge in [-0.1, -0.05) is 77.1 Å². The fraction of sp³-hybridized carbons (Fsp3) is 0.407. The number of oxazole rings is 1. The van der Waals surface area contributed by atoms with E-state index in [1.165, 1.54) is 6.92 Å². The number of hydrogen-bond acceptors (Lipinski definition) is 5. The molecule has 0 amide bonds. The van der Waals surface area contributed by atoms with E-state index in [4.69, 9.17) is 25.9 Å². The summed E-state index contributed by atoms with van der Waals surface area (Å²) in [5.74, 6) is 6.31. The van der Waals surface area contributed by atoms with Crippen LogP contribution in [-0.4, -0.2) is 22.7 Å². The molecule has 0 aliphatic carbocycles. The number of benzene rings is 2. The van der Waals surface area contributed by atoms with E-state index in [0.717, 1.165) is 16.7 Å². The number of aromatic nitrogens is 1. The van der Waals surface area contributed by atoms with Gasteiger partial charge >= 0.3 is 5.97 Å². The lowest BCUT2D eigenvalue weighted by Gasteiger charge is -2.30. The quantitative estimate of drug-likeness (QED) is 0.293. The lowest BCUT2D eigenvalue weighted by atomic mass is 9.78. The maximum Gasteiger partial charge on any atom is 0.308 e. The van der Waals surface area contributed by atoms with Crippen molar-refractivity contribution < 1.29 is 19.1 Å².